The normalized spacial score (nSPS) is 12.1. The number of amides is 3. The summed E-state index contributed by atoms with van der Waals surface area (Å²) in [6.07, 6.45) is 2.43. The number of nitrogens with one attached hydrogen (secondary N) is 3. The number of urea groups is 1. The number of carbonyl (C=O) groups is 2. The smallest absolute Gasteiger partial charge is 0.315 e. The summed E-state index contributed by atoms with van der Waals surface area (Å²) in [5.74, 6) is -0.205. The van der Waals surface area contributed by atoms with Crippen LogP contribution in [0.1, 0.15) is 38.9 Å². The maximum absolute atomic E-state index is 11.8. The van der Waals surface area contributed by atoms with Crippen molar-refractivity contribution in [2.75, 3.05) is 6.54 Å². The molecule has 0 bridgehead atoms. The number of aryl methyl sites for hydroxylation is 1. The molecule has 7 heteroatoms. The van der Waals surface area contributed by atoms with Crippen LogP contribution in [0, 0.1) is 0 Å². The highest BCUT2D eigenvalue weighted by atomic mass is 16.2. The summed E-state index contributed by atoms with van der Waals surface area (Å²) in [5, 5.41) is 12.2. The maximum atomic E-state index is 11.8. The fourth-order valence-electron chi connectivity index (χ4n) is 1.85. The van der Waals surface area contributed by atoms with E-state index in [1.54, 1.807) is 10.9 Å². The summed E-state index contributed by atoms with van der Waals surface area (Å²) in [5.41, 5.74) is 0.925. The van der Waals surface area contributed by atoms with Crippen molar-refractivity contribution < 1.29 is 9.59 Å². The molecule has 1 aromatic heterocycles. The molecule has 1 unspecified atom stereocenters. The average molecular weight is 281 g/mol. The number of carbonyl (C=O) groups excluding carboxylic acids is 2. The summed E-state index contributed by atoms with van der Waals surface area (Å²) in [6, 6.07) is 1.43. The van der Waals surface area contributed by atoms with E-state index in [0.29, 0.717) is 0 Å². The van der Waals surface area contributed by atoms with E-state index >= 15 is 0 Å². The molecule has 1 heterocycles. The largest absolute Gasteiger partial charge is 0.352 e. The lowest BCUT2D eigenvalue weighted by molar-refractivity contribution is -0.120. The van der Waals surface area contributed by atoms with Gasteiger partial charge in [0.25, 0.3) is 0 Å². The number of hydrogen-bond donors (Lipinski definition) is 3. The van der Waals surface area contributed by atoms with Gasteiger partial charge in [-0.25, -0.2) is 4.79 Å². The van der Waals surface area contributed by atoms with Gasteiger partial charge in [0.15, 0.2) is 0 Å². The molecule has 3 amide bonds. The molecule has 0 aliphatic carbocycles. The first kappa shape index (κ1) is 16.0. The van der Waals surface area contributed by atoms with Crippen LogP contribution in [0.2, 0.25) is 0 Å². The zero-order chi connectivity index (χ0) is 15.1. The van der Waals surface area contributed by atoms with Crippen molar-refractivity contribution in [2.45, 2.75) is 39.3 Å². The van der Waals surface area contributed by atoms with Crippen LogP contribution < -0.4 is 16.0 Å². The molecule has 0 aliphatic rings. The van der Waals surface area contributed by atoms with Crippen molar-refractivity contribution in [3.63, 3.8) is 0 Å². The quantitative estimate of drug-likeness (QED) is 0.717. The summed E-state index contributed by atoms with van der Waals surface area (Å²) < 4.78 is 1.72. The second kappa shape index (κ2) is 7.52. The molecule has 0 radical (unpaired) electrons. The van der Waals surface area contributed by atoms with Gasteiger partial charge in [0, 0.05) is 19.3 Å². The van der Waals surface area contributed by atoms with E-state index in [-0.39, 0.29) is 30.6 Å². The molecule has 0 aliphatic heterocycles. The lowest BCUT2D eigenvalue weighted by Crippen LogP contribution is -2.44. The molecular formula is C13H23N5O2. The molecule has 7 nitrogen and oxygen atoms in total. The minimum atomic E-state index is -0.364. The van der Waals surface area contributed by atoms with Gasteiger partial charge >= 0.3 is 6.03 Å². The minimum absolute atomic E-state index is 0.0359. The molecular weight excluding hydrogens is 258 g/mol. The zero-order valence-electron chi connectivity index (χ0n) is 12.4. The first-order valence-electron chi connectivity index (χ1n) is 6.75. The van der Waals surface area contributed by atoms with Gasteiger partial charge in [-0.15, -0.1) is 0 Å². The Labute approximate surface area is 119 Å². The van der Waals surface area contributed by atoms with Crippen molar-refractivity contribution in [1.82, 2.24) is 25.7 Å². The summed E-state index contributed by atoms with van der Waals surface area (Å²) >= 11 is 0. The minimum Gasteiger partial charge on any atom is -0.352 e. The second-order valence-corrected chi connectivity index (χ2v) is 4.89. The highest BCUT2D eigenvalue weighted by Gasteiger charge is 2.16. The van der Waals surface area contributed by atoms with Gasteiger partial charge in [-0.05, 0) is 26.3 Å². The first-order chi connectivity index (χ1) is 9.43. The second-order valence-electron chi connectivity index (χ2n) is 4.89. The molecule has 1 rings (SSSR count). The number of rotatable bonds is 6. The van der Waals surface area contributed by atoms with E-state index in [0.717, 1.165) is 12.1 Å². The van der Waals surface area contributed by atoms with E-state index in [4.69, 9.17) is 0 Å². The lowest BCUT2D eigenvalue weighted by Gasteiger charge is -2.18. The van der Waals surface area contributed by atoms with Gasteiger partial charge in [-0.3, -0.25) is 9.48 Å². The maximum Gasteiger partial charge on any atom is 0.315 e. The van der Waals surface area contributed by atoms with E-state index in [9.17, 15) is 9.59 Å². The number of aromatic nitrogens is 2. The van der Waals surface area contributed by atoms with Crippen molar-refractivity contribution in [3.8, 4) is 0 Å². The van der Waals surface area contributed by atoms with Gasteiger partial charge in [0.1, 0.15) is 0 Å². The van der Waals surface area contributed by atoms with E-state index < -0.39 is 0 Å². The fourth-order valence-corrected chi connectivity index (χ4v) is 1.85. The number of hydrogen-bond acceptors (Lipinski definition) is 3. The molecule has 0 saturated carbocycles. The van der Waals surface area contributed by atoms with Gasteiger partial charge in [-0.2, -0.15) is 5.10 Å². The van der Waals surface area contributed by atoms with E-state index in [1.165, 1.54) is 0 Å². The van der Waals surface area contributed by atoms with Crippen LogP contribution in [0.4, 0.5) is 4.79 Å². The highest BCUT2D eigenvalue weighted by Crippen LogP contribution is 2.14. The van der Waals surface area contributed by atoms with Crippen LogP contribution in [0.5, 0.6) is 0 Å². The molecule has 0 aromatic carbocycles. The van der Waals surface area contributed by atoms with E-state index in [1.807, 2.05) is 33.9 Å². The Morgan fingerprint density at radius 2 is 2.05 bits per heavy atom. The van der Waals surface area contributed by atoms with Gasteiger partial charge < -0.3 is 16.0 Å². The van der Waals surface area contributed by atoms with Crippen LogP contribution in [-0.2, 0) is 11.8 Å². The standard InChI is InChI=1S/C13H23N5O2/c1-5-10(11-6-7-15-18(11)4)17-13(20)14-8-12(19)16-9(2)3/h6-7,9-10H,5,8H2,1-4H3,(H,16,19)(H2,14,17,20). The van der Waals surface area contributed by atoms with Crippen LogP contribution in [0.3, 0.4) is 0 Å². The summed E-state index contributed by atoms with van der Waals surface area (Å²) in [6.45, 7) is 5.68. The predicted octanol–water partition coefficient (Wildman–Crippen LogP) is 0.695. The molecule has 0 saturated heterocycles. The predicted molar refractivity (Wildman–Crippen MR) is 76.1 cm³/mol. The SMILES string of the molecule is CCC(NC(=O)NCC(=O)NC(C)C)c1ccnn1C. The van der Waals surface area contributed by atoms with Crippen LogP contribution >= 0.6 is 0 Å². The Balaban J connectivity index is 2.45. The van der Waals surface area contributed by atoms with Crippen LogP contribution in [-0.4, -0.2) is 34.3 Å². The molecule has 0 spiro atoms. The average Bonchev–Trinajstić information content (AvgIpc) is 2.79. The van der Waals surface area contributed by atoms with Gasteiger partial charge in [0.05, 0.1) is 18.3 Å². The van der Waals surface area contributed by atoms with Crippen LogP contribution in [0.25, 0.3) is 0 Å². The molecule has 20 heavy (non-hydrogen) atoms. The highest BCUT2D eigenvalue weighted by molar-refractivity contribution is 5.84. The third-order valence-electron chi connectivity index (χ3n) is 2.79. The Kier molecular flexibility index (Phi) is 6.02. The topological polar surface area (TPSA) is 88.1 Å². The lowest BCUT2D eigenvalue weighted by atomic mass is 10.1. The zero-order valence-corrected chi connectivity index (χ0v) is 12.4. The van der Waals surface area contributed by atoms with Crippen molar-refractivity contribution in [3.05, 3.63) is 18.0 Å². The molecule has 0 fully saturated rings. The third-order valence-corrected chi connectivity index (χ3v) is 2.79. The summed E-state index contributed by atoms with van der Waals surface area (Å²) in [4.78, 5) is 23.2. The van der Waals surface area contributed by atoms with Crippen molar-refractivity contribution in [2.24, 2.45) is 7.05 Å². The molecule has 112 valence electrons. The van der Waals surface area contributed by atoms with Crippen molar-refractivity contribution >= 4 is 11.9 Å². The Bertz CT molecular complexity index is 455. The molecule has 1 atom stereocenters. The van der Waals surface area contributed by atoms with E-state index in [2.05, 4.69) is 21.0 Å². The third kappa shape index (κ3) is 4.91. The van der Waals surface area contributed by atoms with Crippen molar-refractivity contribution in [1.29, 1.82) is 0 Å². The fraction of sp³-hybridized carbons (Fsp3) is 0.615. The Morgan fingerprint density at radius 3 is 2.55 bits per heavy atom. The Hall–Kier alpha value is -2.05. The summed E-state index contributed by atoms with van der Waals surface area (Å²) in [7, 11) is 1.83. The van der Waals surface area contributed by atoms with Gasteiger partial charge in [0.2, 0.25) is 5.91 Å². The monoisotopic (exact) mass is 281 g/mol. The first-order valence-corrected chi connectivity index (χ1v) is 6.75. The Morgan fingerprint density at radius 1 is 1.35 bits per heavy atom. The van der Waals surface area contributed by atoms with Crippen LogP contribution in [0.15, 0.2) is 12.3 Å². The molecule has 3 N–H and O–H groups in total. The van der Waals surface area contributed by atoms with Gasteiger partial charge in [-0.1, -0.05) is 6.92 Å². The molecule has 1 aromatic rings. The number of nitrogens with zero attached hydrogens (tertiary/aromatic N) is 2.